The lowest BCUT2D eigenvalue weighted by Crippen LogP contribution is -2.60. The van der Waals surface area contributed by atoms with E-state index in [-0.39, 0.29) is 17.2 Å². The highest BCUT2D eigenvalue weighted by atomic mass is 16.5. The van der Waals surface area contributed by atoms with Gasteiger partial charge in [0.25, 0.3) is 0 Å². The van der Waals surface area contributed by atoms with E-state index in [1.807, 2.05) is 42.2 Å². The fraction of sp³-hybridized carbons (Fsp3) is 0.320. The average Bonchev–Trinajstić information content (AvgIpc) is 3.48. The van der Waals surface area contributed by atoms with Gasteiger partial charge in [-0.25, -0.2) is 4.52 Å². The fourth-order valence-electron chi connectivity index (χ4n) is 4.45. The lowest BCUT2D eigenvalue weighted by atomic mass is 9.76. The van der Waals surface area contributed by atoms with Crippen LogP contribution in [0.1, 0.15) is 18.4 Å². The van der Waals surface area contributed by atoms with Crippen LogP contribution in [0.3, 0.4) is 0 Å². The Hall–Kier alpha value is -3.65. The zero-order valence-corrected chi connectivity index (χ0v) is 18.5. The van der Waals surface area contributed by atoms with E-state index < -0.39 is 0 Å². The Labute approximate surface area is 191 Å². The molecule has 1 saturated heterocycles. The third-order valence-electron chi connectivity index (χ3n) is 6.66. The number of amides is 1. The molecule has 33 heavy (non-hydrogen) atoms. The molecule has 6 rings (SSSR count). The standard InChI is InChI=1S/C25H26N6O2/c1-30-23(18-9-10-31-20(11-18)12-22(29-31)28-24(32)17-7-8-17)21(13-27-30)33-16-25(14-26-15-25)19-5-3-2-4-6-19/h2-6,9-13,17,26H,7-8,14-16H2,1H3,(H,28,29,32). The lowest BCUT2D eigenvalue weighted by Gasteiger charge is -2.42. The summed E-state index contributed by atoms with van der Waals surface area (Å²) in [4.78, 5) is 12.1. The maximum absolute atomic E-state index is 12.1. The SMILES string of the molecule is Cn1ncc(OCC2(c3ccccc3)CNC2)c1-c1ccn2nc(NC(=O)C3CC3)cc2c1. The minimum atomic E-state index is -0.0293. The number of pyridine rings is 1. The van der Waals surface area contributed by atoms with Crippen molar-refractivity contribution in [2.75, 3.05) is 25.0 Å². The predicted molar refractivity (Wildman–Crippen MR) is 125 cm³/mol. The normalized spacial score (nSPS) is 17.0. The number of hydrogen-bond donors (Lipinski definition) is 2. The van der Waals surface area contributed by atoms with Crippen molar-refractivity contribution in [1.82, 2.24) is 24.7 Å². The largest absolute Gasteiger partial charge is 0.489 e. The van der Waals surface area contributed by atoms with E-state index in [1.165, 1.54) is 5.56 Å². The molecule has 0 radical (unpaired) electrons. The van der Waals surface area contributed by atoms with Crippen LogP contribution in [0.4, 0.5) is 5.82 Å². The van der Waals surface area contributed by atoms with E-state index in [0.29, 0.717) is 12.4 Å². The minimum Gasteiger partial charge on any atom is -0.489 e. The Balaban J connectivity index is 1.25. The zero-order chi connectivity index (χ0) is 22.4. The number of aryl methyl sites for hydroxylation is 1. The first kappa shape index (κ1) is 20.0. The van der Waals surface area contributed by atoms with E-state index in [1.54, 1.807) is 10.7 Å². The lowest BCUT2D eigenvalue weighted by molar-refractivity contribution is -0.117. The van der Waals surface area contributed by atoms with E-state index in [0.717, 1.165) is 48.5 Å². The molecular formula is C25H26N6O2. The first-order chi connectivity index (χ1) is 16.1. The molecule has 1 aliphatic carbocycles. The van der Waals surface area contributed by atoms with Crippen LogP contribution in [0.15, 0.2) is 60.9 Å². The Bertz CT molecular complexity index is 1320. The molecular weight excluding hydrogens is 416 g/mol. The number of rotatable bonds is 7. The number of carbonyl (C=O) groups excluding carboxylic acids is 1. The van der Waals surface area contributed by atoms with Gasteiger partial charge in [0.05, 0.1) is 17.1 Å². The van der Waals surface area contributed by atoms with Crippen molar-refractivity contribution >= 4 is 17.2 Å². The van der Waals surface area contributed by atoms with Crippen molar-refractivity contribution in [2.24, 2.45) is 13.0 Å². The molecule has 2 fully saturated rings. The van der Waals surface area contributed by atoms with Gasteiger partial charge < -0.3 is 15.4 Å². The van der Waals surface area contributed by atoms with Crippen molar-refractivity contribution in [3.05, 3.63) is 66.5 Å². The van der Waals surface area contributed by atoms with E-state index in [9.17, 15) is 4.79 Å². The predicted octanol–water partition coefficient (Wildman–Crippen LogP) is 3.00. The number of nitrogens with zero attached hydrogens (tertiary/aromatic N) is 4. The zero-order valence-electron chi connectivity index (χ0n) is 18.5. The first-order valence-corrected chi connectivity index (χ1v) is 11.3. The molecule has 8 nitrogen and oxygen atoms in total. The summed E-state index contributed by atoms with van der Waals surface area (Å²) in [5.41, 5.74) is 4.05. The summed E-state index contributed by atoms with van der Waals surface area (Å²) in [5, 5.41) is 15.2. The average molecular weight is 443 g/mol. The molecule has 0 atom stereocenters. The first-order valence-electron chi connectivity index (χ1n) is 11.3. The smallest absolute Gasteiger partial charge is 0.228 e. The summed E-state index contributed by atoms with van der Waals surface area (Å²) in [6, 6.07) is 16.5. The molecule has 4 aromatic rings. The second-order valence-electron chi connectivity index (χ2n) is 9.10. The fourth-order valence-corrected chi connectivity index (χ4v) is 4.45. The van der Waals surface area contributed by atoms with Crippen LogP contribution in [0.2, 0.25) is 0 Å². The molecule has 3 aromatic heterocycles. The second kappa shape index (κ2) is 7.74. The van der Waals surface area contributed by atoms with Crippen LogP contribution in [0, 0.1) is 5.92 Å². The Morgan fingerprint density at radius 1 is 1.21 bits per heavy atom. The van der Waals surface area contributed by atoms with Crippen molar-refractivity contribution in [3.63, 3.8) is 0 Å². The van der Waals surface area contributed by atoms with Gasteiger partial charge >= 0.3 is 0 Å². The molecule has 2 aliphatic rings. The third-order valence-corrected chi connectivity index (χ3v) is 6.66. The van der Waals surface area contributed by atoms with Gasteiger partial charge in [-0.3, -0.25) is 9.48 Å². The summed E-state index contributed by atoms with van der Waals surface area (Å²) >= 11 is 0. The number of carbonyl (C=O) groups is 1. The maximum atomic E-state index is 12.1. The Morgan fingerprint density at radius 2 is 2.03 bits per heavy atom. The van der Waals surface area contributed by atoms with Crippen LogP contribution in [0.25, 0.3) is 16.8 Å². The number of hydrogen-bond acceptors (Lipinski definition) is 5. The molecule has 8 heteroatoms. The van der Waals surface area contributed by atoms with Gasteiger partial charge in [0.1, 0.15) is 12.3 Å². The van der Waals surface area contributed by atoms with Crippen LogP contribution in [-0.2, 0) is 17.3 Å². The number of anilines is 1. The van der Waals surface area contributed by atoms with E-state index >= 15 is 0 Å². The summed E-state index contributed by atoms with van der Waals surface area (Å²) < 4.78 is 9.98. The van der Waals surface area contributed by atoms with Crippen molar-refractivity contribution < 1.29 is 9.53 Å². The van der Waals surface area contributed by atoms with Crippen LogP contribution >= 0.6 is 0 Å². The van der Waals surface area contributed by atoms with Crippen molar-refractivity contribution in [2.45, 2.75) is 18.3 Å². The number of ether oxygens (including phenoxy) is 1. The van der Waals surface area contributed by atoms with Crippen molar-refractivity contribution in [3.8, 4) is 17.0 Å². The second-order valence-corrected chi connectivity index (χ2v) is 9.10. The molecule has 168 valence electrons. The van der Waals surface area contributed by atoms with Gasteiger partial charge in [-0.15, -0.1) is 0 Å². The monoisotopic (exact) mass is 442 g/mol. The summed E-state index contributed by atoms with van der Waals surface area (Å²) in [6.07, 6.45) is 5.61. The van der Waals surface area contributed by atoms with Gasteiger partial charge in [-0.1, -0.05) is 30.3 Å². The molecule has 1 amide bonds. The minimum absolute atomic E-state index is 0.0293. The van der Waals surface area contributed by atoms with Gasteiger partial charge in [-0.2, -0.15) is 10.2 Å². The van der Waals surface area contributed by atoms with Crippen LogP contribution < -0.4 is 15.4 Å². The van der Waals surface area contributed by atoms with E-state index in [4.69, 9.17) is 4.74 Å². The topological polar surface area (TPSA) is 85.5 Å². The molecule has 4 heterocycles. The van der Waals surface area contributed by atoms with Crippen molar-refractivity contribution in [1.29, 1.82) is 0 Å². The summed E-state index contributed by atoms with van der Waals surface area (Å²) in [6.45, 7) is 2.36. The molecule has 2 N–H and O–H groups in total. The molecule has 0 unspecified atom stereocenters. The number of aromatic nitrogens is 4. The third kappa shape index (κ3) is 3.66. The van der Waals surface area contributed by atoms with Crippen LogP contribution in [0.5, 0.6) is 5.75 Å². The summed E-state index contributed by atoms with van der Waals surface area (Å²) in [5.74, 6) is 1.53. The molecule has 0 spiro atoms. The van der Waals surface area contributed by atoms with Gasteiger partial charge in [0.15, 0.2) is 11.6 Å². The van der Waals surface area contributed by atoms with E-state index in [2.05, 4.69) is 45.1 Å². The highest BCUT2D eigenvalue weighted by Crippen LogP contribution is 2.34. The Kier molecular flexibility index (Phi) is 4.69. The molecule has 1 aliphatic heterocycles. The highest BCUT2D eigenvalue weighted by molar-refractivity contribution is 5.93. The number of benzene rings is 1. The maximum Gasteiger partial charge on any atom is 0.228 e. The molecule has 1 aromatic carbocycles. The van der Waals surface area contributed by atoms with Crippen LogP contribution in [-0.4, -0.2) is 45.0 Å². The molecule has 0 bridgehead atoms. The quantitative estimate of drug-likeness (QED) is 0.460. The Morgan fingerprint density at radius 3 is 2.76 bits per heavy atom. The number of nitrogens with one attached hydrogen (secondary N) is 2. The number of fused-ring (bicyclic) bond motifs is 1. The van der Waals surface area contributed by atoms with Gasteiger partial charge in [-0.05, 0) is 30.5 Å². The molecule has 1 saturated carbocycles. The summed E-state index contributed by atoms with van der Waals surface area (Å²) in [7, 11) is 1.92. The van der Waals surface area contributed by atoms with Gasteiger partial charge in [0, 0.05) is 43.9 Å². The highest BCUT2D eigenvalue weighted by Gasteiger charge is 2.40. The van der Waals surface area contributed by atoms with Gasteiger partial charge in [0.2, 0.25) is 5.91 Å².